The van der Waals surface area contributed by atoms with Gasteiger partial charge in [0.2, 0.25) is 15.9 Å². The first-order valence-electron chi connectivity index (χ1n) is 7.45. The van der Waals surface area contributed by atoms with Crippen molar-refractivity contribution >= 4 is 21.9 Å². The quantitative estimate of drug-likeness (QED) is 0.759. The summed E-state index contributed by atoms with van der Waals surface area (Å²) in [5, 5.41) is 8.83. The molecule has 24 heavy (non-hydrogen) atoms. The first-order chi connectivity index (χ1) is 10.9. The van der Waals surface area contributed by atoms with Gasteiger partial charge in [-0.2, -0.15) is 17.5 Å². The molecule has 1 heterocycles. The fraction of sp³-hybridized carbons (Fsp3) is 0.846. The summed E-state index contributed by atoms with van der Waals surface area (Å²) in [6, 6.07) is -0.819. The second-order valence-electron chi connectivity index (χ2n) is 6.27. The average molecular weight is 372 g/mol. The molecule has 2 aliphatic rings. The average Bonchev–Trinajstić information content (AvgIpc) is 3.23. The first kappa shape index (κ1) is 19.0. The van der Waals surface area contributed by atoms with Crippen molar-refractivity contribution in [3.05, 3.63) is 0 Å². The largest absolute Gasteiger partial charge is 0.481 e. The third kappa shape index (κ3) is 4.59. The van der Waals surface area contributed by atoms with E-state index in [1.807, 2.05) is 0 Å². The summed E-state index contributed by atoms with van der Waals surface area (Å²) in [5.41, 5.74) is 0. The predicted molar refractivity (Wildman–Crippen MR) is 76.4 cm³/mol. The molecule has 2 rings (SSSR count). The number of aliphatic carboxylic acids is 1. The third-order valence-electron chi connectivity index (χ3n) is 4.37. The van der Waals surface area contributed by atoms with Crippen molar-refractivity contribution in [3.63, 3.8) is 0 Å². The lowest BCUT2D eigenvalue weighted by molar-refractivity contribution is -0.144. The SMILES string of the molecule is CS(=O)(=O)N(CC(F)(F)F)C1CCN(C(=O)C2CC2C(=O)O)CC1. The monoisotopic (exact) mass is 372 g/mol. The fourth-order valence-corrected chi connectivity index (χ4v) is 4.18. The van der Waals surface area contributed by atoms with Crippen molar-refractivity contribution in [3.8, 4) is 0 Å². The van der Waals surface area contributed by atoms with Gasteiger partial charge in [0.15, 0.2) is 0 Å². The van der Waals surface area contributed by atoms with E-state index in [2.05, 4.69) is 0 Å². The summed E-state index contributed by atoms with van der Waals surface area (Å²) in [4.78, 5) is 24.3. The summed E-state index contributed by atoms with van der Waals surface area (Å²) < 4.78 is 61.5. The van der Waals surface area contributed by atoms with E-state index in [4.69, 9.17) is 5.11 Å². The number of halogens is 3. The first-order valence-corrected chi connectivity index (χ1v) is 9.30. The van der Waals surface area contributed by atoms with Crippen LogP contribution >= 0.6 is 0 Å². The molecule has 1 aliphatic carbocycles. The summed E-state index contributed by atoms with van der Waals surface area (Å²) in [6.45, 7) is -1.30. The van der Waals surface area contributed by atoms with Gasteiger partial charge < -0.3 is 10.0 Å². The van der Waals surface area contributed by atoms with Gasteiger partial charge in [0.1, 0.15) is 6.54 Å². The lowest BCUT2D eigenvalue weighted by Gasteiger charge is -2.37. The number of likely N-dealkylation sites (tertiary alicyclic amines) is 1. The highest BCUT2D eigenvalue weighted by atomic mass is 32.2. The Kier molecular flexibility index (Phi) is 5.14. The number of amides is 1. The molecule has 1 saturated carbocycles. The van der Waals surface area contributed by atoms with E-state index in [0.717, 1.165) is 6.26 Å². The smallest absolute Gasteiger partial charge is 0.402 e. The molecule has 1 N–H and O–H groups in total. The van der Waals surface area contributed by atoms with Crippen molar-refractivity contribution in [2.75, 3.05) is 25.9 Å². The fourth-order valence-electron chi connectivity index (χ4n) is 3.04. The molecule has 7 nitrogen and oxygen atoms in total. The third-order valence-corrected chi connectivity index (χ3v) is 5.65. The van der Waals surface area contributed by atoms with E-state index >= 15 is 0 Å². The second kappa shape index (κ2) is 6.51. The molecule has 2 unspecified atom stereocenters. The number of carbonyl (C=O) groups excluding carboxylic acids is 1. The summed E-state index contributed by atoms with van der Waals surface area (Å²) >= 11 is 0. The number of nitrogens with zero attached hydrogens (tertiary/aromatic N) is 2. The molecule has 2 fully saturated rings. The number of carboxylic acid groups (broad SMARTS) is 1. The Balaban J connectivity index is 1.95. The molecule has 11 heteroatoms. The summed E-state index contributed by atoms with van der Waals surface area (Å²) in [6.07, 6.45) is -3.44. The summed E-state index contributed by atoms with van der Waals surface area (Å²) in [5.74, 6) is -2.60. The van der Waals surface area contributed by atoms with Gasteiger partial charge >= 0.3 is 12.1 Å². The zero-order valence-electron chi connectivity index (χ0n) is 13.0. The van der Waals surface area contributed by atoms with E-state index in [0.29, 0.717) is 4.31 Å². The Hall–Kier alpha value is -1.36. The molecule has 0 radical (unpaired) electrons. The molecule has 138 valence electrons. The highest BCUT2D eigenvalue weighted by Gasteiger charge is 2.50. The topological polar surface area (TPSA) is 95.0 Å². The maximum absolute atomic E-state index is 12.6. The van der Waals surface area contributed by atoms with Gasteiger partial charge in [0.05, 0.1) is 18.1 Å². The van der Waals surface area contributed by atoms with Gasteiger partial charge in [-0.05, 0) is 19.3 Å². The Bertz CT molecular complexity index is 614. The Morgan fingerprint density at radius 1 is 1.21 bits per heavy atom. The lowest BCUT2D eigenvalue weighted by Crippen LogP contribution is -2.51. The highest BCUT2D eigenvalue weighted by Crippen LogP contribution is 2.40. The zero-order chi connectivity index (χ0) is 18.3. The molecule has 1 aliphatic heterocycles. The lowest BCUT2D eigenvalue weighted by atomic mass is 10.0. The van der Waals surface area contributed by atoms with Crippen LogP contribution in [0.3, 0.4) is 0 Å². The van der Waals surface area contributed by atoms with Gasteiger partial charge in [-0.15, -0.1) is 0 Å². The van der Waals surface area contributed by atoms with Crippen molar-refractivity contribution in [2.45, 2.75) is 31.5 Å². The maximum Gasteiger partial charge on any atom is 0.402 e. The molecular formula is C13H19F3N2O5S. The molecular weight excluding hydrogens is 353 g/mol. The number of alkyl halides is 3. The molecule has 1 saturated heterocycles. The van der Waals surface area contributed by atoms with E-state index in [1.54, 1.807) is 0 Å². The molecule has 0 bridgehead atoms. The number of hydrogen-bond donors (Lipinski definition) is 1. The molecule has 0 spiro atoms. The molecule has 1 amide bonds. The van der Waals surface area contributed by atoms with Crippen LogP contribution in [-0.4, -0.2) is 72.7 Å². The van der Waals surface area contributed by atoms with Crippen LogP contribution in [-0.2, 0) is 19.6 Å². The number of sulfonamides is 1. The summed E-state index contributed by atoms with van der Waals surface area (Å²) in [7, 11) is -4.03. The predicted octanol–water partition coefficient (Wildman–Crippen LogP) is 0.522. The van der Waals surface area contributed by atoms with Gasteiger partial charge in [0.25, 0.3) is 0 Å². The molecule has 0 aromatic heterocycles. The maximum atomic E-state index is 12.6. The number of hydrogen-bond acceptors (Lipinski definition) is 4. The van der Waals surface area contributed by atoms with Crippen LogP contribution in [0, 0.1) is 11.8 Å². The van der Waals surface area contributed by atoms with Gasteiger partial charge in [-0.1, -0.05) is 0 Å². The van der Waals surface area contributed by atoms with Crippen molar-refractivity contribution in [1.29, 1.82) is 0 Å². The van der Waals surface area contributed by atoms with Crippen molar-refractivity contribution in [1.82, 2.24) is 9.21 Å². The number of piperidine rings is 1. The minimum atomic E-state index is -4.64. The minimum absolute atomic E-state index is 0.0966. The highest BCUT2D eigenvalue weighted by molar-refractivity contribution is 7.88. The normalized spacial score (nSPS) is 25.8. The Labute approximate surface area is 137 Å². The van der Waals surface area contributed by atoms with E-state index < -0.39 is 46.6 Å². The van der Waals surface area contributed by atoms with Crippen LogP contribution in [0.5, 0.6) is 0 Å². The van der Waals surface area contributed by atoms with E-state index in [1.165, 1.54) is 4.90 Å². The van der Waals surface area contributed by atoms with Crippen molar-refractivity contribution < 1.29 is 36.3 Å². The van der Waals surface area contributed by atoms with Crippen molar-refractivity contribution in [2.24, 2.45) is 11.8 Å². The molecule has 2 atom stereocenters. The van der Waals surface area contributed by atoms with Gasteiger partial charge in [-0.25, -0.2) is 8.42 Å². The molecule has 0 aromatic rings. The second-order valence-corrected chi connectivity index (χ2v) is 8.20. The Morgan fingerprint density at radius 2 is 1.75 bits per heavy atom. The van der Waals surface area contributed by atoms with Crippen LogP contribution in [0.2, 0.25) is 0 Å². The number of carboxylic acids is 1. The van der Waals surface area contributed by atoms with E-state index in [9.17, 15) is 31.2 Å². The van der Waals surface area contributed by atoms with E-state index in [-0.39, 0.29) is 38.3 Å². The number of rotatable bonds is 5. The van der Waals surface area contributed by atoms with Crippen LogP contribution in [0.15, 0.2) is 0 Å². The standard InChI is InChI=1S/C13H19F3N2O5S/c1-24(22,23)18(7-13(14,15)16)8-2-4-17(5-3-8)11(19)9-6-10(9)12(20)21/h8-10H,2-7H2,1H3,(H,20,21). The van der Waals surface area contributed by atoms with Gasteiger partial charge in [0, 0.05) is 19.1 Å². The minimum Gasteiger partial charge on any atom is -0.481 e. The van der Waals surface area contributed by atoms with Crippen LogP contribution in [0.4, 0.5) is 13.2 Å². The van der Waals surface area contributed by atoms with Gasteiger partial charge in [-0.3, -0.25) is 9.59 Å². The van der Waals surface area contributed by atoms with Crippen LogP contribution in [0.25, 0.3) is 0 Å². The van der Waals surface area contributed by atoms with Crippen LogP contribution in [0.1, 0.15) is 19.3 Å². The van der Waals surface area contributed by atoms with Crippen LogP contribution < -0.4 is 0 Å². The number of carbonyl (C=O) groups is 2. The Morgan fingerprint density at radius 3 is 2.12 bits per heavy atom. The molecule has 0 aromatic carbocycles. The zero-order valence-corrected chi connectivity index (χ0v) is 13.8.